The predicted octanol–water partition coefficient (Wildman–Crippen LogP) is 2.83. The summed E-state index contributed by atoms with van der Waals surface area (Å²) in [7, 11) is 0. The van der Waals surface area contributed by atoms with Gasteiger partial charge in [-0.1, -0.05) is 18.2 Å². The number of para-hydroxylation sites is 1. The fraction of sp³-hybridized carbons (Fsp3) is 0.0769. The molecule has 1 aromatic carbocycles. The van der Waals surface area contributed by atoms with E-state index in [1.165, 1.54) is 6.92 Å². The van der Waals surface area contributed by atoms with Crippen LogP contribution in [0.25, 0.3) is 0 Å². The average Bonchev–Trinajstić information content (AvgIpc) is 2.32. The Morgan fingerprint density at radius 2 is 1.94 bits per heavy atom. The molecule has 1 aromatic heterocycles. The third kappa shape index (κ3) is 3.31. The highest BCUT2D eigenvalue weighted by molar-refractivity contribution is 5.88. The molecule has 0 aliphatic carbocycles. The highest BCUT2D eigenvalue weighted by Crippen LogP contribution is 2.19. The highest BCUT2D eigenvalue weighted by atomic mass is 16.5. The predicted molar refractivity (Wildman–Crippen MR) is 65.1 cm³/mol. The number of aromatic nitrogens is 1. The maximum absolute atomic E-state index is 10.8. The lowest BCUT2D eigenvalue weighted by atomic mass is 10.3. The normalized spacial score (nSPS) is 9.71. The zero-order valence-electron chi connectivity index (χ0n) is 9.38. The molecule has 2 aromatic rings. The summed E-state index contributed by atoms with van der Waals surface area (Å²) in [6.07, 6.45) is 1.56. The molecular weight excluding hydrogens is 216 g/mol. The molecule has 4 nitrogen and oxygen atoms in total. The summed E-state index contributed by atoms with van der Waals surface area (Å²) in [5, 5.41) is 2.64. The van der Waals surface area contributed by atoms with Crippen LogP contribution in [0.5, 0.6) is 11.6 Å². The Kier molecular flexibility index (Phi) is 3.35. The molecule has 0 aliphatic heterocycles. The van der Waals surface area contributed by atoms with Gasteiger partial charge in [0.05, 0.1) is 11.9 Å². The van der Waals surface area contributed by atoms with Gasteiger partial charge in [0.25, 0.3) is 0 Å². The van der Waals surface area contributed by atoms with Crippen LogP contribution in [0.1, 0.15) is 6.92 Å². The number of carbonyl (C=O) groups is 1. The van der Waals surface area contributed by atoms with E-state index in [4.69, 9.17) is 4.74 Å². The van der Waals surface area contributed by atoms with Crippen molar-refractivity contribution in [3.05, 3.63) is 48.7 Å². The van der Waals surface area contributed by atoms with E-state index in [-0.39, 0.29) is 5.91 Å². The van der Waals surface area contributed by atoms with Crippen molar-refractivity contribution in [2.45, 2.75) is 6.92 Å². The zero-order valence-corrected chi connectivity index (χ0v) is 9.38. The number of rotatable bonds is 3. The highest BCUT2D eigenvalue weighted by Gasteiger charge is 1.99. The quantitative estimate of drug-likeness (QED) is 0.878. The summed E-state index contributed by atoms with van der Waals surface area (Å²) >= 11 is 0. The Morgan fingerprint density at radius 3 is 2.53 bits per heavy atom. The van der Waals surface area contributed by atoms with E-state index in [2.05, 4.69) is 10.3 Å². The molecule has 1 N–H and O–H groups in total. The Balaban J connectivity index is 2.06. The van der Waals surface area contributed by atoms with Crippen molar-refractivity contribution >= 4 is 11.6 Å². The molecule has 0 radical (unpaired) electrons. The number of hydrogen-bond acceptors (Lipinski definition) is 3. The smallest absolute Gasteiger partial charge is 0.221 e. The molecule has 1 amide bonds. The standard InChI is InChI=1S/C13H12N2O2/c1-10(16)15-11-7-8-13(14-9-11)17-12-5-3-2-4-6-12/h2-9H,1H3,(H,15,16). The van der Waals surface area contributed by atoms with E-state index in [9.17, 15) is 4.79 Å². The largest absolute Gasteiger partial charge is 0.439 e. The SMILES string of the molecule is CC(=O)Nc1ccc(Oc2ccccc2)nc1. The molecule has 86 valence electrons. The van der Waals surface area contributed by atoms with Crippen molar-refractivity contribution in [2.24, 2.45) is 0 Å². The first-order valence-electron chi connectivity index (χ1n) is 5.20. The van der Waals surface area contributed by atoms with Crippen molar-refractivity contribution in [1.82, 2.24) is 4.98 Å². The minimum Gasteiger partial charge on any atom is -0.439 e. The topological polar surface area (TPSA) is 51.2 Å². The van der Waals surface area contributed by atoms with E-state index in [1.54, 1.807) is 18.3 Å². The number of carbonyl (C=O) groups excluding carboxylic acids is 1. The molecule has 0 unspecified atom stereocenters. The van der Waals surface area contributed by atoms with E-state index in [1.807, 2.05) is 30.3 Å². The van der Waals surface area contributed by atoms with E-state index >= 15 is 0 Å². The van der Waals surface area contributed by atoms with E-state index in [0.717, 1.165) is 5.75 Å². The summed E-state index contributed by atoms with van der Waals surface area (Å²) < 4.78 is 5.51. The first-order valence-corrected chi connectivity index (χ1v) is 5.20. The first kappa shape index (κ1) is 11.1. The van der Waals surface area contributed by atoms with Crippen LogP contribution in [0.2, 0.25) is 0 Å². The molecule has 17 heavy (non-hydrogen) atoms. The molecule has 0 atom stereocenters. The van der Waals surface area contributed by atoms with Crippen LogP contribution in [-0.2, 0) is 4.79 Å². The van der Waals surface area contributed by atoms with Crippen LogP contribution in [0.4, 0.5) is 5.69 Å². The molecule has 4 heteroatoms. The lowest BCUT2D eigenvalue weighted by Crippen LogP contribution is -2.05. The minimum absolute atomic E-state index is 0.122. The van der Waals surface area contributed by atoms with Crippen LogP contribution < -0.4 is 10.1 Å². The van der Waals surface area contributed by atoms with Gasteiger partial charge in [-0.2, -0.15) is 0 Å². The number of nitrogens with zero attached hydrogens (tertiary/aromatic N) is 1. The molecule has 0 fully saturated rings. The van der Waals surface area contributed by atoms with Crippen molar-refractivity contribution < 1.29 is 9.53 Å². The molecule has 1 heterocycles. The number of nitrogens with one attached hydrogen (secondary N) is 1. The van der Waals surface area contributed by atoms with Crippen LogP contribution in [0.3, 0.4) is 0 Å². The van der Waals surface area contributed by atoms with Gasteiger partial charge in [0.1, 0.15) is 5.75 Å². The fourth-order valence-electron chi connectivity index (χ4n) is 1.33. The molecule has 0 saturated heterocycles. The Morgan fingerprint density at radius 1 is 1.18 bits per heavy atom. The molecule has 0 bridgehead atoms. The Bertz CT molecular complexity index is 495. The number of amides is 1. The lowest BCUT2D eigenvalue weighted by Gasteiger charge is -2.05. The fourth-order valence-corrected chi connectivity index (χ4v) is 1.33. The summed E-state index contributed by atoms with van der Waals surface area (Å²) in [5.74, 6) is 1.10. The Labute approximate surface area is 99.3 Å². The van der Waals surface area contributed by atoms with Gasteiger partial charge in [-0.25, -0.2) is 4.98 Å². The molecular formula is C13H12N2O2. The van der Waals surface area contributed by atoms with Crippen molar-refractivity contribution in [1.29, 1.82) is 0 Å². The van der Waals surface area contributed by atoms with Crippen LogP contribution in [0, 0.1) is 0 Å². The number of hydrogen-bond donors (Lipinski definition) is 1. The van der Waals surface area contributed by atoms with Crippen molar-refractivity contribution in [3.63, 3.8) is 0 Å². The second-order valence-corrected chi connectivity index (χ2v) is 3.48. The van der Waals surface area contributed by atoms with Gasteiger partial charge in [0.2, 0.25) is 11.8 Å². The third-order valence-corrected chi connectivity index (χ3v) is 2.02. The second kappa shape index (κ2) is 5.12. The van der Waals surface area contributed by atoms with Gasteiger partial charge < -0.3 is 10.1 Å². The summed E-state index contributed by atoms with van der Waals surface area (Å²) in [6, 6.07) is 12.8. The molecule has 0 spiro atoms. The summed E-state index contributed by atoms with van der Waals surface area (Å²) in [5.41, 5.74) is 0.651. The first-order chi connectivity index (χ1) is 8.24. The van der Waals surface area contributed by atoms with Gasteiger partial charge >= 0.3 is 0 Å². The van der Waals surface area contributed by atoms with E-state index < -0.39 is 0 Å². The average molecular weight is 228 g/mol. The number of benzene rings is 1. The van der Waals surface area contributed by atoms with Crippen LogP contribution in [0.15, 0.2) is 48.7 Å². The summed E-state index contributed by atoms with van der Waals surface area (Å²) in [4.78, 5) is 14.9. The maximum Gasteiger partial charge on any atom is 0.221 e. The van der Waals surface area contributed by atoms with Gasteiger partial charge in [-0.15, -0.1) is 0 Å². The Hall–Kier alpha value is -2.36. The van der Waals surface area contributed by atoms with Crippen molar-refractivity contribution in [2.75, 3.05) is 5.32 Å². The lowest BCUT2D eigenvalue weighted by molar-refractivity contribution is -0.114. The number of pyridine rings is 1. The van der Waals surface area contributed by atoms with Gasteiger partial charge in [0, 0.05) is 13.0 Å². The van der Waals surface area contributed by atoms with E-state index in [0.29, 0.717) is 11.6 Å². The zero-order chi connectivity index (χ0) is 12.1. The maximum atomic E-state index is 10.8. The molecule has 0 saturated carbocycles. The molecule has 0 aliphatic rings. The third-order valence-electron chi connectivity index (χ3n) is 2.02. The van der Waals surface area contributed by atoms with Crippen molar-refractivity contribution in [3.8, 4) is 11.6 Å². The van der Waals surface area contributed by atoms with Gasteiger partial charge in [-0.05, 0) is 18.2 Å². The minimum atomic E-state index is -0.122. The van der Waals surface area contributed by atoms with Crippen LogP contribution >= 0.6 is 0 Å². The number of anilines is 1. The number of ether oxygens (including phenoxy) is 1. The second-order valence-electron chi connectivity index (χ2n) is 3.48. The van der Waals surface area contributed by atoms with Gasteiger partial charge in [0.15, 0.2) is 0 Å². The summed E-state index contributed by atoms with van der Waals surface area (Å²) in [6.45, 7) is 1.45. The van der Waals surface area contributed by atoms with Gasteiger partial charge in [-0.3, -0.25) is 4.79 Å². The molecule has 2 rings (SSSR count). The van der Waals surface area contributed by atoms with Crippen LogP contribution in [-0.4, -0.2) is 10.9 Å². The monoisotopic (exact) mass is 228 g/mol.